The van der Waals surface area contributed by atoms with Gasteiger partial charge < -0.3 is 4.90 Å². The van der Waals surface area contributed by atoms with Crippen LogP contribution < -0.4 is 4.90 Å². The molecular formula is C23H28F4N4O. The molecule has 0 radical (unpaired) electrons. The minimum absolute atomic E-state index is 0.0199. The molecule has 0 spiro atoms. The van der Waals surface area contributed by atoms with E-state index >= 15 is 0 Å². The first kappa shape index (κ1) is 24.1. The third-order valence-electron chi connectivity index (χ3n) is 6.12. The van der Waals surface area contributed by atoms with Crippen LogP contribution in [0.25, 0.3) is 0 Å². The molecule has 1 aromatic carbocycles. The number of piperidine rings is 1. The number of hydrogen-bond donors (Lipinski definition) is 0. The van der Waals surface area contributed by atoms with Crippen molar-refractivity contribution in [2.75, 3.05) is 31.1 Å². The second-order valence-corrected chi connectivity index (χ2v) is 8.32. The molecule has 9 heteroatoms. The lowest BCUT2D eigenvalue weighted by molar-refractivity contribution is -0.169. The third kappa shape index (κ3) is 6.00. The van der Waals surface area contributed by atoms with E-state index in [1.165, 1.54) is 34.3 Å². The van der Waals surface area contributed by atoms with E-state index in [0.717, 1.165) is 6.54 Å². The predicted molar refractivity (Wildman–Crippen MR) is 116 cm³/mol. The Balaban J connectivity index is 1.75. The molecule has 2 amide bonds. The summed E-state index contributed by atoms with van der Waals surface area (Å²) in [4.78, 5) is 22.1. The fourth-order valence-corrected chi connectivity index (χ4v) is 4.30. The Morgan fingerprint density at radius 1 is 1.31 bits per heavy atom. The van der Waals surface area contributed by atoms with Crippen LogP contribution in [0, 0.1) is 23.6 Å². The molecule has 2 unspecified atom stereocenters. The molecule has 0 N–H and O–H groups in total. The van der Waals surface area contributed by atoms with Gasteiger partial charge >= 0.3 is 12.2 Å². The van der Waals surface area contributed by atoms with Crippen LogP contribution in [0.15, 0.2) is 29.3 Å². The van der Waals surface area contributed by atoms with E-state index < -0.39 is 23.9 Å². The standard InChI is InChI=1S/C23H28F4N4O/c1-3-4-10-30-12-9-21(13-17(30)2)31(20-7-5-6-19(24)14-20)22(32)28-16-29-11-8-18(15-29)23(25,26)27/h5-7,14,16-18,21H,8-13,15H2,1-2H3/b28-16+/t17-,18?,21?/m0/s1. The molecule has 0 aliphatic carbocycles. The van der Waals surface area contributed by atoms with E-state index in [4.69, 9.17) is 0 Å². The molecule has 0 bridgehead atoms. The quantitative estimate of drug-likeness (QED) is 0.291. The Kier molecular flexibility index (Phi) is 7.77. The number of urea groups is 1. The van der Waals surface area contributed by atoms with Crippen molar-refractivity contribution < 1.29 is 22.4 Å². The van der Waals surface area contributed by atoms with E-state index in [1.807, 2.05) is 0 Å². The van der Waals surface area contributed by atoms with Crippen LogP contribution in [-0.4, -0.2) is 66.6 Å². The Morgan fingerprint density at radius 2 is 2.09 bits per heavy atom. The number of halogens is 4. The number of likely N-dealkylation sites (tertiary alicyclic amines) is 2. The maximum absolute atomic E-state index is 13.9. The number of rotatable bonds is 4. The van der Waals surface area contributed by atoms with Crippen molar-refractivity contribution in [2.24, 2.45) is 10.9 Å². The predicted octanol–water partition coefficient (Wildman–Crippen LogP) is 4.54. The number of aliphatic imine (C=N–C) groups is 1. The molecule has 3 rings (SSSR count). The Morgan fingerprint density at radius 3 is 2.72 bits per heavy atom. The van der Waals surface area contributed by atoms with Gasteiger partial charge in [0.05, 0.1) is 18.8 Å². The van der Waals surface area contributed by atoms with Crippen LogP contribution in [0.4, 0.5) is 28.0 Å². The van der Waals surface area contributed by atoms with Crippen molar-refractivity contribution in [1.82, 2.24) is 9.80 Å². The molecule has 1 aromatic rings. The highest BCUT2D eigenvalue weighted by Crippen LogP contribution is 2.33. The molecule has 0 aromatic heterocycles. The molecule has 32 heavy (non-hydrogen) atoms. The number of alkyl halides is 3. The molecule has 5 nitrogen and oxygen atoms in total. The maximum Gasteiger partial charge on any atom is 0.393 e. The highest BCUT2D eigenvalue weighted by atomic mass is 19.4. The largest absolute Gasteiger partial charge is 0.393 e. The molecule has 2 heterocycles. The fourth-order valence-electron chi connectivity index (χ4n) is 4.30. The lowest BCUT2D eigenvalue weighted by atomic mass is 9.96. The summed E-state index contributed by atoms with van der Waals surface area (Å²) in [6.45, 7) is 5.19. The lowest BCUT2D eigenvalue weighted by Gasteiger charge is -2.41. The molecular weight excluding hydrogens is 424 g/mol. The van der Waals surface area contributed by atoms with Gasteiger partial charge in [-0.3, -0.25) is 9.80 Å². The highest BCUT2D eigenvalue weighted by molar-refractivity contribution is 5.97. The number of anilines is 1. The molecule has 3 atom stereocenters. The van der Waals surface area contributed by atoms with Gasteiger partial charge in [-0.05, 0) is 51.3 Å². The van der Waals surface area contributed by atoms with Gasteiger partial charge in [-0.1, -0.05) is 12.0 Å². The molecule has 2 aliphatic rings. The van der Waals surface area contributed by atoms with Crippen molar-refractivity contribution in [1.29, 1.82) is 0 Å². The van der Waals surface area contributed by atoms with E-state index in [9.17, 15) is 22.4 Å². The zero-order chi connectivity index (χ0) is 23.3. The van der Waals surface area contributed by atoms with Gasteiger partial charge in [-0.25, -0.2) is 9.18 Å². The second kappa shape index (κ2) is 10.3. The number of benzene rings is 1. The van der Waals surface area contributed by atoms with Gasteiger partial charge in [-0.2, -0.15) is 18.2 Å². The van der Waals surface area contributed by atoms with Gasteiger partial charge in [0, 0.05) is 37.4 Å². The van der Waals surface area contributed by atoms with Gasteiger partial charge in [0.25, 0.3) is 0 Å². The highest BCUT2D eigenvalue weighted by Gasteiger charge is 2.43. The lowest BCUT2D eigenvalue weighted by Crippen LogP contribution is -2.50. The van der Waals surface area contributed by atoms with Crippen molar-refractivity contribution in [3.63, 3.8) is 0 Å². The Bertz CT molecular complexity index is 892. The summed E-state index contributed by atoms with van der Waals surface area (Å²) >= 11 is 0. The number of carbonyl (C=O) groups excluding carboxylic acids is 1. The summed E-state index contributed by atoms with van der Waals surface area (Å²) in [5, 5.41) is 0. The zero-order valence-electron chi connectivity index (χ0n) is 18.3. The zero-order valence-corrected chi connectivity index (χ0v) is 18.3. The topological polar surface area (TPSA) is 39.1 Å². The fraction of sp³-hybridized carbons (Fsp3) is 0.565. The Hall–Kier alpha value is -2.60. The number of hydrogen-bond acceptors (Lipinski definition) is 2. The minimum atomic E-state index is -4.26. The van der Waals surface area contributed by atoms with Crippen molar-refractivity contribution >= 4 is 18.1 Å². The van der Waals surface area contributed by atoms with E-state index in [0.29, 0.717) is 25.1 Å². The van der Waals surface area contributed by atoms with E-state index in [-0.39, 0.29) is 31.6 Å². The van der Waals surface area contributed by atoms with Crippen molar-refractivity contribution in [2.45, 2.75) is 51.4 Å². The summed E-state index contributed by atoms with van der Waals surface area (Å²) in [7, 11) is 0. The average Bonchev–Trinajstić information content (AvgIpc) is 3.22. The number of nitrogens with zero attached hydrogens (tertiary/aromatic N) is 4. The molecule has 2 saturated heterocycles. The van der Waals surface area contributed by atoms with Crippen LogP contribution in [0.5, 0.6) is 0 Å². The van der Waals surface area contributed by atoms with Crippen LogP contribution in [0.3, 0.4) is 0 Å². The summed E-state index contributed by atoms with van der Waals surface area (Å²) in [6, 6.07) is 5.10. The molecule has 2 fully saturated rings. The summed E-state index contributed by atoms with van der Waals surface area (Å²) in [6.07, 6.45) is -1.77. The molecule has 0 saturated carbocycles. The summed E-state index contributed by atoms with van der Waals surface area (Å²) in [5.41, 5.74) is 0.390. The maximum atomic E-state index is 13.9. The van der Waals surface area contributed by atoms with Gasteiger partial charge in [0.1, 0.15) is 5.82 Å². The van der Waals surface area contributed by atoms with Gasteiger partial charge in [-0.15, -0.1) is 5.92 Å². The number of amides is 2. The first-order valence-corrected chi connectivity index (χ1v) is 10.8. The smallest absolute Gasteiger partial charge is 0.362 e. The Labute approximate surface area is 186 Å². The minimum Gasteiger partial charge on any atom is -0.362 e. The second-order valence-electron chi connectivity index (χ2n) is 8.32. The molecule has 2 aliphatic heterocycles. The normalized spacial score (nSPS) is 24.4. The molecule has 174 valence electrons. The first-order valence-electron chi connectivity index (χ1n) is 10.8. The summed E-state index contributed by atoms with van der Waals surface area (Å²) in [5.74, 6) is 4.05. The SMILES string of the molecule is CC#CCN1CCC(N(C(=O)/N=C/N2CCC(C(F)(F)F)C2)c2cccc(F)c2)C[C@@H]1C. The van der Waals surface area contributed by atoms with Crippen LogP contribution in [0.1, 0.15) is 33.1 Å². The number of carbonyl (C=O) groups is 1. The van der Waals surface area contributed by atoms with Gasteiger partial charge in [0.2, 0.25) is 0 Å². The van der Waals surface area contributed by atoms with Crippen molar-refractivity contribution in [3.05, 3.63) is 30.1 Å². The van der Waals surface area contributed by atoms with Crippen molar-refractivity contribution in [3.8, 4) is 11.8 Å². The van der Waals surface area contributed by atoms with Crippen LogP contribution in [-0.2, 0) is 0 Å². The monoisotopic (exact) mass is 452 g/mol. The average molecular weight is 452 g/mol. The van der Waals surface area contributed by atoms with Crippen LogP contribution in [0.2, 0.25) is 0 Å². The van der Waals surface area contributed by atoms with E-state index in [1.54, 1.807) is 13.0 Å². The first-order chi connectivity index (χ1) is 15.2. The summed E-state index contributed by atoms with van der Waals surface area (Å²) < 4.78 is 52.7. The van der Waals surface area contributed by atoms with Crippen LogP contribution >= 0.6 is 0 Å². The third-order valence-corrected chi connectivity index (χ3v) is 6.12. The van der Waals surface area contributed by atoms with E-state index in [2.05, 4.69) is 28.7 Å². The van der Waals surface area contributed by atoms with Gasteiger partial charge in [0.15, 0.2) is 0 Å².